The van der Waals surface area contributed by atoms with Crippen LogP contribution in [0.3, 0.4) is 0 Å². The number of rotatable bonds is 2. The van der Waals surface area contributed by atoms with Crippen LogP contribution in [0.5, 0.6) is 0 Å². The Morgan fingerprint density at radius 3 is 2.56 bits per heavy atom. The predicted molar refractivity (Wildman–Crippen MR) is 71.0 cm³/mol. The molecule has 4 heteroatoms. The first-order chi connectivity index (χ1) is 8.77. The second kappa shape index (κ2) is 4.23. The van der Waals surface area contributed by atoms with Crippen LogP contribution in [0.4, 0.5) is 0 Å². The predicted octanol–water partition coefficient (Wildman–Crippen LogP) is 2.02. The van der Waals surface area contributed by atoms with E-state index in [1.807, 2.05) is 48.0 Å². The van der Waals surface area contributed by atoms with Crippen molar-refractivity contribution < 1.29 is 0 Å². The van der Waals surface area contributed by atoms with Gasteiger partial charge in [-0.1, -0.05) is 12.1 Å². The second-order valence-electron chi connectivity index (χ2n) is 4.28. The molecule has 2 N–H and O–H groups in total. The van der Waals surface area contributed by atoms with E-state index in [2.05, 4.69) is 9.97 Å². The van der Waals surface area contributed by atoms with Gasteiger partial charge in [-0.2, -0.15) is 0 Å². The molecule has 0 bridgehead atoms. The molecular weight excluding hydrogens is 224 g/mol. The first kappa shape index (κ1) is 10.9. The standard InChI is InChI=1S/C14H14N4/c1-18-12-5-3-2-4-11(12)17-14(18)13(15)10-6-8-16-9-7-10/h2-9,13H,15H2,1H3/t13-/m1/s1. The molecule has 3 aromatic rings. The van der Waals surface area contributed by atoms with Crippen LogP contribution in [-0.2, 0) is 7.05 Å². The van der Waals surface area contributed by atoms with E-state index >= 15 is 0 Å². The number of aromatic nitrogens is 3. The highest BCUT2D eigenvalue weighted by Gasteiger charge is 2.16. The Bertz CT molecular complexity index is 673. The second-order valence-corrected chi connectivity index (χ2v) is 4.28. The highest BCUT2D eigenvalue weighted by molar-refractivity contribution is 5.76. The van der Waals surface area contributed by atoms with E-state index in [1.54, 1.807) is 12.4 Å². The van der Waals surface area contributed by atoms with Gasteiger partial charge >= 0.3 is 0 Å². The maximum absolute atomic E-state index is 6.27. The molecule has 0 saturated carbocycles. The molecule has 0 saturated heterocycles. The van der Waals surface area contributed by atoms with Gasteiger partial charge in [-0.25, -0.2) is 4.98 Å². The van der Waals surface area contributed by atoms with Crippen molar-refractivity contribution in [3.63, 3.8) is 0 Å². The molecule has 18 heavy (non-hydrogen) atoms. The zero-order valence-electron chi connectivity index (χ0n) is 10.1. The fraction of sp³-hybridized carbons (Fsp3) is 0.143. The van der Waals surface area contributed by atoms with Gasteiger partial charge in [0.25, 0.3) is 0 Å². The average molecular weight is 238 g/mol. The van der Waals surface area contributed by atoms with Crippen LogP contribution in [0, 0.1) is 0 Å². The molecule has 0 aliphatic rings. The molecule has 0 radical (unpaired) electrons. The van der Waals surface area contributed by atoms with E-state index in [-0.39, 0.29) is 6.04 Å². The lowest BCUT2D eigenvalue weighted by Gasteiger charge is -2.11. The topological polar surface area (TPSA) is 56.7 Å². The van der Waals surface area contributed by atoms with Crippen molar-refractivity contribution in [2.24, 2.45) is 12.8 Å². The van der Waals surface area contributed by atoms with Crippen LogP contribution in [-0.4, -0.2) is 14.5 Å². The van der Waals surface area contributed by atoms with E-state index in [4.69, 9.17) is 5.73 Å². The average Bonchev–Trinajstić information content (AvgIpc) is 2.77. The van der Waals surface area contributed by atoms with Crippen molar-refractivity contribution in [2.45, 2.75) is 6.04 Å². The molecule has 2 aromatic heterocycles. The lowest BCUT2D eigenvalue weighted by atomic mass is 10.1. The summed E-state index contributed by atoms with van der Waals surface area (Å²) in [4.78, 5) is 8.61. The first-order valence-electron chi connectivity index (χ1n) is 5.84. The molecule has 2 heterocycles. The van der Waals surface area contributed by atoms with E-state index < -0.39 is 0 Å². The highest BCUT2D eigenvalue weighted by atomic mass is 15.1. The number of aryl methyl sites for hydroxylation is 1. The largest absolute Gasteiger partial charge is 0.330 e. The minimum atomic E-state index is -0.231. The zero-order chi connectivity index (χ0) is 12.5. The van der Waals surface area contributed by atoms with Crippen LogP contribution in [0.15, 0.2) is 48.8 Å². The Kier molecular flexibility index (Phi) is 2.57. The molecule has 0 spiro atoms. The number of para-hydroxylation sites is 2. The Morgan fingerprint density at radius 2 is 1.83 bits per heavy atom. The number of nitrogens with two attached hydrogens (primary N) is 1. The van der Waals surface area contributed by atoms with E-state index in [0.717, 1.165) is 22.4 Å². The molecule has 0 unspecified atom stereocenters. The number of fused-ring (bicyclic) bond motifs is 1. The van der Waals surface area contributed by atoms with Crippen molar-refractivity contribution in [2.75, 3.05) is 0 Å². The summed E-state index contributed by atoms with van der Waals surface area (Å²) in [6, 6.07) is 11.6. The van der Waals surface area contributed by atoms with Gasteiger partial charge in [-0.15, -0.1) is 0 Å². The normalized spacial score (nSPS) is 12.8. The summed E-state index contributed by atoms with van der Waals surface area (Å²) in [7, 11) is 1.99. The van der Waals surface area contributed by atoms with Gasteiger partial charge in [0.05, 0.1) is 17.1 Å². The van der Waals surface area contributed by atoms with Crippen LogP contribution in [0.25, 0.3) is 11.0 Å². The lowest BCUT2D eigenvalue weighted by Crippen LogP contribution is -2.16. The summed E-state index contributed by atoms with van der Waals surface area (Å²) >= 11 is 0. The van der Waals surface area contributed by atoms with Crippen LogP contribution in [0.1, 0.15) is 17.4 Å². The molecule has 0 fully saturated rings. The maximum atomic E-state index is 6.27. The van der Waals surface area contributed by atoms with Gasteiger partial charge in [0.15, 0.2) is 0 Å². The molecule has 4 nitrogen and oxygen atoms in total. The van der Waals surface area contributed by atoms with Crippen molar-refractivity contribution in [3.05, 3.63) is 60.2 Å². The third-order valence-electron chi connectivity index (χ3n) is 3.17. The van der Waals surface area contributed by atoms with Crippen LogP contribution >= 0.6 is 0 Å². The SMILES string of the molecule is Cn1c([C@H](N)c2ccncc2)nc2ccccc21. The number of hydrogen-bond acceptors (Lipinski definition) is 3. The van der Waals surface area contributed by atoms with Crippen molar-refractivity contribution in [3.8, 4) is 0 Å². The Labute approximate surface area is 105 Å². The molecule has 0 aliphatic carbocycles. The fourth-order valence-electron chi connectivity index (χ4n) is 2.16. The van der Waals surface area contributed by atoms with Gasteiger partial charge in [0.1, 0.15) is 5.82 Å². The summed E-state index contributed by atoms with van der Waals surface area (Å²) in [6.07, 6.45) is 3.50. The third kappa shape index (κ3) is 1.67. The quantitative estimate of drug-likeness (QED) is 0.743. The Morgan fingerprint density at radius 1 is 1.11 bits per heavy atom. The molecule has 3 rings (SSSR count). The van der Waals surface area contributed by atoms with Gasteiger partial charge < -0.3 is 10.3 Å². The van der Waals surface area contributed by atoms with Crippen LogP contribution in [0.2, 0.25) is 0 Å². The fourth-order valence-corrected chi connectivity index (χ4v) is 2.16. The van der Waals surface area contributed by atoms with Gasteiger partial charge in [-0.3, -0.25) is 4.98 Å². The third-order valence-corrected chi connectivity index (χ3v) is 3.17. The molecule has 1 atom stereocenters. The molecule has 1 aromatic carbocycles. The monoisotopic (exact) mass is 238 g/mol. The number of benzene rings is 1. The van der Waals surface area contributed by atoms with Crippen molar-refractivity contribution in [1.82, 2.24) is 14.5 Å². The minimum Gasteiger partial charge on any atom is -0.330 e. The molecule has 0 amide bonds. The molecular formula is C14H14N4. The maximum Gasteiger partial charge on any atom is 0.131 e. The van der Waals surface area contributed by atoms with Crippen molar-refractivity contribution in [1.29, 1.82) is 0 Å². The molecule has 0 aliphatic heterocycles. The Hall–Kier alpha value is -2.20. The van der Waals surface area contributed by atoms with Crippen LogP contribution < -0.4 is 5.73 Å². The zero-order valence-corrected chi connectivity index (χ0v) is 10.1. The number of hydrogen-bond donors (Lipinski definition) is 1. The van der Waals surface area contributed by atoms with E-state index in [0.29, 0.717) is 0 Å². The number of pyridine rings is 1. The van der Waals surface area contributed by atoms with E-state index in [1.165, 1.54) is 0 Å². The summed E-state index contributed by atoms with van der Waals surface area (Å²) in [6.45, 7) is 0. The molecule has 90 valence electrons. The minimum absolute atomic E-state index is 0.231. The smallest absolute Gasteiger partial charge is 0.131 e. The highest BCUT2D eigenvalue weighted by Crippen LogP contribution is 2.22. The first-order valence-corrected chi connectivity index (χ1v) is 5.84. The summed E-state index contributed by atoms with van der Waals surface area (Å²) < 4.78 is 2.04. The van der Waals surface area contributed by atoms with Gasteiger partial charge in [-0.05, 0) is 29.8 Å². The number of imidazole rings is 1. The van der Waals surface area contributed by atoms with Gasteiger partial charge in [0, 0.05) is 19.4 Å². The van der Waals surface area contributed by atoms with E-state index in [9.17, 15) is 0 Å². The number of nitrogens with zero attached hydrogens (tertiary/aromatic N) is 3. The Balaban J connectivity index is 2.12. The van der Waals surface area contributed by atoms with Crippen molar-refractivity contribution >= 4 is 11.0 Å². The summed E-state index contributed by atoms with van der Waals surface area (Å²) in [5.74, 6) is 0.863. The van der Waals surface area contributed by atoms with Gasteiger partial charge in [0.2, 0.25) is 0 Å². The summed E-state index contributed by atoms with van der Waals surface area (Å²) in [5.41, 5.74) is 9.35. The lowest BCUT2D eigenvalue weighted by molar-refractivity contribution is 0.727. The summed E-state index contributed by atoms with van der Waals surface area (Å²) in [5, 5.41) is 0.